The zero-order valence-corrected chi connectivity index (χ0v) is 18.7. The normalized spacial score (nSPS) is 14.9. The van der Waals surface area contributed by atoms with E-state index in [2.05, 4.69) is 10.3 Å². The molecular weight excluding hydrogens is 445 g/mol. The first kappa shape index (κ1) is 22.5. The maximum absolute atomic E-state index is 13.9. The smallest absolute Gasteiger partial charge is 0.293 e. The van der Waals surface area contributed by atoms with Gasteiger partial charge in [-0.05, 0) is 55.1 Å². The largest absolute Gasteiger partial charge is 0.497 e. The van der Waals surface area contributed by atoms with Gasteiger partial charge < -0.3 is 10.1 Å². The predicted molar refractivity (Wildman–Crippen MR) is 124 cm³/mol. The molecule has 2 heterocycles. The van der Waals surface area contributed by atoms with Gasteiger partial charge in [0, 0.05) is 24.0 Å². The second-order valence-electron chi connectivity index (χ2n) is 7.29. The number of carbonyl (C=O) groups is 3. The third kappa shape index (κ3) is 4.73. The lowest BCUT2D eigenvalue weighted by Crippen LogP contribution is -2.37. The Bertz CT molecular complexity index is 1310. The van der Waals surface area contributed by atoms with E-state index in [1.807, 2.05) is 6.07 Å². The molecule has 1 fully saturated rings. The lowest BCUT2D eigenvalue weighted by molar-refractivity contribution is -0.122. The van der Waals surface area contributed by atoms with Crippen LogP contribution in [-0.2, 0) is 4.79 Å². The van der Waals surface area contributed by atoms with Crippen LogP contribution in [0, 0.1) is 12.7 Å². The van der Waals surface area contributed by atoms with Crippen LogP contribution in [0.1, 0.15) is 21.6 Å². The number of pyridine rings is 1. The van der Waals surface area contributed by atoms with Crippen molar-refractivity contribution in [3.8, 4) is 5.75 Å². The zero-order chi connectivity index (χ0) is 23.5. The number of benzene rings is 2. The molecule has 0 radical (unpaired) electrons. The van der Waals surface area contributed by atoms with Crippen molar-refractivity contribution in [3.63, 3.8) is 0 Å². The molecule has 33 heavy (non-hydrogen) atoms. The summed E-state index contributed by atoms with van der Waals surface area (Å²) in [6.45, 7) is 1.81. The quantitative estimate of drug-likeness (QED) is 0.550. The second kappa shape index (κ2) is 9.41. The number of thioether (sulfide) groups is 1. The van der Waals surface area contributed by atoms with Crippen molar-refractivity contribution >= 4 is 45.8 Å². The number of ether oxygens (including phenoxy) is 1. The molecule has 1 aliphatic rings. The monoisotopic (exact) mass is 465 g/mol. The number of rotatable bonds is 6. The van der Waals surface area contributed by atoms with E-state index in [-0.39, 0.29) is 29.5 Å². The molecule has 0 saturated carbocycles. The summed E-state index contributed by atoms with van der Waals surface area (Å²) in [5.74, 6) is -0.701. The van der Waals surface area contributed by atoms with Crippen LogP contribution in [0.15, 0.2) is 53.4 Å². The molecule has 0 unspecified atom stereocenters. The molecular formula is C24H20FN3O4S. The number of amides is 3. The lowest BCUT2D eigenvalue weighted by Gasteiger charge is -2.14. The Morgan fingerprint density at radius 2 is 2.00 bits per heavy atom. The molecule has 1 N–H and O–H groups in total. The van der Waals surface area contributed by atoms with Crippen molar-refractivity contribution in [2.45, 2.75) is 6.92 Å². The molecule has 9 heteroatoms. The van der Waals surface area contributed by atoms with Gasteiger partial charge in [-0.25, -0.2) is 4.39 Å². The maximum Gasteiger partial charge on any atom is 0.293 e. The van der Waals surface area contributed by atoms with Gasteiger partial charge in [-0.1, -0.05) is 18.2 Å². The van der Waals surface area contributed by atoms with E-state index in [0.717, 1.165) is 27.6 Å². The van der Waals surface area contributed by atoms with Gasteiger partial charge in [-0.2, -0.15) is 0 Å². The number of nitrogens with one attached hydrogen (secondary N) is 1. The first-order valence-corrected chi connectivity index (χ1v) is 10.9. The molecule has 0 aliphatic carbocycles. The molecule has 168 valence electrons. The summed E-state index contributed by atoms with van der Waals surface area (Å²) in [5.41, 5.74) is 1.92. The summed E-state index contributed by atoms with van der Waals surface area (Å²) in [6, 6.07) is 13.1. The third-order valence-corrected chi connectivity index (χ3v) is 6.05. The van der Waals surface area contributed by atoms with Gasteiger partial charge in [-0.15, -0.1) is 0 Å². The van der Waals surface area contributed by atoms with Gasteiger partial charge in [0.15, 0.2) is 0 Å². The fourth-order valence-electron chi connectivity index (χ4n) is 3.41. The maximum atomic E-state index is 13.9. The molecule has 3 amide bonds. The number of hydrogen-bond donors (Lipinski definition) is 1. The van der Waals surface area contributed by atoms with Crippen molar-refractivity contribution < 1.29 is 23.5 Å². The molecule has 3 aromatic rings. The van der Waals surface area contributed by atoms with Crippen molar-refractivity contribution in [1.29, 1.82) is 0 Å². The Hall–Kier alpha value is -3.72. The summed E-state index contributed by atoms with van der Waals surface area (Å²) < 4.78 is 19.1. The fraction of sp³-hybridized carbons (Fsp3) is 0.167. The number of fused-ring (bicyclic) bond motifs is 1. The summed E-state index contributed by atoms with van der Waals surface area (Å²) in [6.07, 6.45) is 1.36. The molecule has 7 nitrogen and oxygen atoms in total. The Kier molecular flexibility index (Phi) is 6.41. The van der Waals surface area contributed by atoms with Crippen LogP contribution in [0.25, 0.3) is 17.0 Å². The van der Waals surface area contributed by atoms with Crippen molar-refractivity contribution in [2.75, 3.05) is 20.2 Å². The van der Waals surface area contributed by atoms with Gasteiger partial charge in [0.2, 0.25) is 0 Å². The van der Waals surface area contributed by atoms with Crippen molar-refractivity contribution in [1.82, 2.24) is 15.2 Å². The van der Waals surface area contributed by atoms with Crippen LogP contribution < -0.4 is 10.1 Å². The van der Waals surface area contributed by atoms with Crippen LogP contribution in [0.2, 0.25) is 0 Å². The van der Waals surface area contributed by atoms with E-state index >= 15 is 0 Å². The Morgan fingerprint density at radius 1 is 1.21 bits per heavy atom. The van der Waals surface area contributed by atoms with E-state index in [9.17, 15) is 18.8 Å². The van der Waals surface area contributed by atoms with E-state index in [4.69, 9.17) is 4.74 Å². The van der Waals surface area contributed by atoms with Gasteiger partial charge in [0.25, 0.3) is 17.1 Å². The van der Waals surface area contributed by atoms with Gasteiger partial charge >= 0.3 is 0 Å². The minimum Gasteiger partial charge on any atom is -0.497 e. The zero-order valence-electron chi connectivity index (χ0n) is 17.9. The average molecular weight is 466 g/mol. The number of hydrogen-bond acceptors (Lipinski definition) is 6. The first-order chi connectivity index (χ1) is 15.9. The van der Waals surface area contributed by atoms with Gasteiger partial charge in [-0.3, -0.25) is 24.3 Å². The minimum absolute atomic E-state index is 0.00109. The van der Waals surface area contributed by atoms with E-state index in [1.54, 1.807) is 44.4 Å². The number of halogens is 1. The summed E-state index contributed by atoms with van der Waals surface area (Å²) in [5, 5.41) is 3.02. The number of imide groups is 1. The molecule has 2 aromatic carbocycles. The standard InChI is InChI=1S/C24H20FN3O4S/c1-14-18(12-16-11-17(32-2)7-8-20(16)27-14)22(29)26-9-10-28-23(30)21(33-24(28)31)13-15-5-3-4-6-19(15)25/h3-8,11-13H,9-10H2,1-2H3,(H,26,29)/b21-13-. The van der Waals surface area contributed by atoms with Gasteiger partial charge in [0.05, 0.1) is 28.8 Å². The van der Waals surface area contributed by atoms with Crippen LogP contribution >= 0.6 is 11.8 Å². The Balaban J connectivity index is 1.42. The van der Waals surface area contributed by atoms with Crippen LogP contribution in [0.4, 0.5) is 9.18 Å². The summed E-state index contributed by atoms with van der Waals surface area (Å²) in [4.78, 5) is 43.2. The topological polar surface area (TPSA) is 88.6 Å². The highest BCUT2D eigenvalue weighted by molar-refractivity contribution is 8.18. The third-order valence-electron chi connectivity index (χ3n) is 5.14. The lowest BCUT2D eigenvalue weighted by atomic mass is 10.1. The first-order valence-electron chi connectivity index (χ1n) is 10.1. The number of methoxy groups -OCH3 is 1. The number of aryl methyl sites for hydroxylation is 1. The highest BCUT2D eigenvalue weighted by atomic mass is 32.2. The van der Waals surface area contributed by atoms with Gasteiger partial charge in [0.1, 0.15) is 11.6 Å². The second-order valence-corrected chi connectivity index (χ2v) is 8.28. The van der Waals surface area contributed by atoms with Crippen molar-refractivity contribution in [2.24, 2.45) is 0 Å². The highest BCUT2D eigenvalue weighted by Gasteiger charge is 2.34. The Labute approximate surface area is 193 Å². The molecule has 4 rings (SSSR count). The fourth-order valence-corrected chi connectivity index (χ4v) is 4.27. The minimum atomic E-state index is -0.516. The number of carbonyl (C=O) groups excluding carboxylic acids is 3. The summed E-state index contributed by atoms with van der Waals surface area (Å²) in [7, 11) is 1.56. The predicted octanol–water partition coefficient (Wildman–Crippen LogP) is 4.16. The van der Waals surface area contributed by atoms with Crippen LogP contribution in [0.5, 0.6) is 5.75 Å². The van der Waals surface area contributed by atoms with Crippen molar-refractivity contribution in [3.05, 3.63) is 76.1 Å². The molecule has 0 bridgehead atoms. The molecule has 1 aromatic heterocycles. The molecule has 0 atom stereocenters. The van der Waals surface area contributed by atoms with E-state index < -0.39 is 17.0 Å². The molecule has 0 spiro atoms. The number of nitrogens with zero attached hydrogens (tertiary/aromatic N) is 2. The van der Waals surface area contributed by atoms with E-state index in [1.165, 1.54) is 18.2 Å². The average Bonchev–Trinajstić information content (AvgIpc) is 3.07. The SMILES string of the molecule is COc1ccc2nc(C)c(C(=O)NCCN3C(=O)S/C(=C\c4ccccc4F)C3=O)cc2c1. The van der Waals surface area contributed by atoms with Crippen LogP contribution in [-0.4, -0.2) is 47.1 Å². The number of aromatic nitrogens is 1. The molecule has 1 saturated heterocycles. The van der Waals surface area contributed by atoms with E-state index in [0.29, 0.717) is 17.0 Å². The molecule has 1 aliphatic heterocycles. The highest BCUT2D eigenvalue weighted by Crippen LogP contribution is 2.32. The Morgan fingerprint density at radius 3 is 2.76 bits per heavy atom. The summed E-state index contributed by atoms with van der Waals surface area (Å²) >= 11 is 0.745. The van der Waals surface area contributed by atoms with Crippen LogP contribution in [0.3, 0.4) is 0 Å².